The number of likely N-dealkylation sites (tertiary alicyclic amines) is 1. The zero-order valence-corrected chi connectivity index (χ0v) is 13.6. The molecule has 1 saturated heterocycles. The summed E-state index contributed by atoms with van der Waals surface area (Å²) in [5.41, 5.74) is 0.872. The van der Waals surface area contributed by atoms with E-state index in [2.05, 4.69) is 27.7 Å². The van der Waals surface area contributed by atoms with Gasteiger partial charge in [-0.25, -0.2) is 4.79 Å². The highest BCUT2D eigenvalue weighted by Crippen LogP contribution is 2.31. The van der Waals surface area contributed by atoms with Gasteiger partial charge in [0.25, 0.3) is 0 Å². The Labute approximate surface area is 132 Å². The van der Waals surface area contributed by atoms with Crippen molar-refractivity contribution in [2.24, 2.45) is 0 Å². The lowest BCUT2D eigenvalue weighted by atomic mass is 10.0. The van der Waals surface area contributed by atoms with Gasteiger partial charge in [0.15, 0.2) is 0 Å². The van der Waals surface area contributed by atoms with Crippen molar-refractivity contribution in [3.8, 4) is 0 Å². The zero-order valence-electron chi connectivity index (χ0n) is 13.6. The molecular formula is C17H25N3O2. The number of urea groups is 1. The zero-order chi connectivity index (χ0) is 16.2. The van der Waals surface area contributed by atoms with E-state index in [-0.39, 0.29) is 24.0 Å². The summed E-state index contributed by atoms with van der Waals surface area (Å²) < 4.78 is 0. The molecular weight excluding hydrogens is 278 g/mol. The lowest BCUT2D eigenvalue weighted by Crippen LogP contribution is -2.50. The molecule has 1 fully saturated rings. The van der Waals surface area contributed by atoms with Crippen LogP contribution in [0.2, 0.25) is 0 Å². The summed E-state index contributed by atoms with van der Waals surface area (Å²) in [5, 5.41) is 5.13. The second kappa shape index (κ2) is 6.92. The van der Waals surface area contributed by atoms with Crippen LogP contribution < -0.4 is 10.6 Å². The summed E-state index contributed by atoms with van der Waals surface area (Å²) in [6.07, 6.45) is 2.12. The number of benzene rings is 1. The monoisotopic (exact) mass is 303 g/mol. The Hall–Kier alpha value is -1.88. The maximum atomic E-state index is 12.1. The molecule has 3 amide bonds. The molecule has 120 valence electrons. The molecule has 0 bridgehead atoms. The van der Waals surface area contributed by atoms with Gasteiger partial charge in [-0.1, -0.05) is 30.3 Å². The first-order valence-electron chi connectivity index (χ1n) is 7.76. The highest BCUT2D eigenvalue weighted by atomic mass is 16.2. The molecule has 0 radical (unpaired) electrons. The van der Waals surface area contributed by atoms with Crippen LogP contribution in [0.4, 0.5) is 4.79 Å². The molecule has 1 atom stereocenters. The van der Waals surface area contributed by atoms with Crippen LogP contribution in [-0.4, -0.2) is 35.5 Å². The van der Waals surface area contributed by atoms with Gasteiger partial charge in [0.1, 0.15) is 0 Å². The van der Waals surface area contributed by atoms with Crippen LogP contribution in [-0.2, 0) is 4.79 Å². The van der Waals surface area contributed by atoms with E-state index in [9.17, 15) is 9.59 Å². The van der Waals surface area contributed by atoms with Crippen LogP contribution in [0.25, 0.3) is 0 Å². The van der Waals surface area contributed by atoms with Crippen molar-refractivity contribution < 1.29 is 9.59 Å². The van der Waals surface area contributed by atoms with E-state index in [1.165, 1.54) is 5.56 Å². The van der Waals surface area contributed by atoms with Gasteiger partial charge in [-0.05, 0) is 45.7 Å². The minimum Gasteiger partial charge on any atom is -0.333 e. The third-order valence-electron chi connectivity index (χ3n) is 3.64. The summed E-state index contributed by atoms with van der Waals surface area (Å²) in [6.45, 7) is 6.76. The van der Waals surface area contributed by atoms with Crippen LogP contribution >= 0.6 is 0 Å². The molecule has 0 aliphatic carbocycles. The molecule has 1 heterocycles. The number of imide groups is 1. The molecule has 1 aromatic rings. The maximum Gasteiger partial charge on any atom is 0.321 e. The second-order valence-corrected chi connectivity index (χ2v) is 6.79. The van der Waals surface area contributed by atoms with Gasteiger partial charge >= 0.3 is 6.03 Å². The molecule has 1 unspecified atom stereocenters. The smallest absolute Gasteiger partial charge is 0.321 e. The molecule has 1 aliphatic heterocycles. The summed E-state index contributed by atoms with van der Waals surface area (Å²) in [7, 11) is 0. The number of nitrogens with one attached hydrogen (secondary N) is 2. The molecule has 0 spiro atoms. The van der Waals surface area contributed by atoms with E-state index in [1.54, 1.807) is 0 Å². The van der Waals surface area contributed by atoms with Crippen molar-refractivity contribution in [1.29, 1.82) is 0 Å². The summed E-state index contributed by atoms with van der Waals surface area (Å²) in [6, 6.07) is 10.0. The average Bonchev–Trinajstić information content (AvgIpc) is 2.85. The van der Waals surface area contributed by atoms with E-state index in [4.69, 9.17) is 0 Å². The first-order valence-corrected chi connectivity index (χ1v) is 7.76. The molecule has 0 saturated carbocycles. The fraction of sp³-hybridized carbons (Fsp3) is 0.529. The van der Waals surface area contributed by atoms with Gasteiger partial charge in [-0.2, -0.15) is 0 Å². The summed E-state index contributed by atoms with van der Waals surface area (Å²) >= 11 is 0. The largest absolute Gasteiger partial charge is 0.333 e. The number of amides is 3. The Balaban J connectivity index is 1.89. The van der Waals surface area contributed by atoms with Crippen molar-refractivity contribution in [2.45, 2.75) is 45.2 Å². The number of hydrogen-bond donors (Lipinski definition) is 2. The van der Waals surface area contributed by atoms with E-state index in [1.807, 2.05) is 39.0 Å². The Kier molecular flexibility index (Phi) is 5.19. The first-order chi connectivity index (χ1) is 10.3. The Morgan fingerprint density at radius 1 is 1.23 bits per heavy atom. The van der Waals surface area contributed by atoms with Gasteiger partial charge in [0.05, 0.1) is 6.54 Å². The Morgan fingerprint density at radius 3 is 2.55 bits per heavy atom. The van der Waals surface area contributed by atoms with Crippen LogP contribution in [0.1, 0.15) is 45.2 Å². The average molecular weight is 303 g/mol. The highest BCUT2D eigenvalue weighted by molar-refractivity contribution is 5.95. The third kappa shape index (κ3) is 4.84. The number of rotatable bonds is 3. The predicted octanol–water partition coefficient (Wildman–Crippen LogP) is 2.45. The van der Waals surface area contributed by atoms with E-state index in [0.717, 1.165) is 19.4 Å². The van der Waals surface area contributed by atoms with Crippen LogP contribution in [0.15, 0.2) is 30.3 Å². The topological polar surface area (TPSA) is 61.4 Å². The van der Waals surface area contributed by atoms with Crippen molar-refractivity contribution >= 4 is 11.9 Å². The van der Waals surface area contributed by atoms with E-state index >= 15 is 0 Å². The van der Waals surface area contributed by atoms with Gasteiger partial charge in [0.2, 0.25) is 5.91 Å². The molecule has 2 rings (SSSR count). The Morgan fingerprint density at radius 2 is 1.91 bits per heavy atom. The van der Waals surface area contributed by atoms with Crippen LogP contribution in [0.3, 0.4) is 0 Å². The van der Waals surface area contributed by atoms with Gasteiger partial charge in [-0.15, -0.1) is 0 Å². The fourth-order valence-electron chi connectivity index (χ4n) is 2.79. The molecule has 2 N–H and O–H groups in total. The minimum absolute atomic E-state index is 0.247. The van der Waals surface area contributed by atoms with Crippen molar-refractivity contribution in [3.05, 3.63) is 35.9 Å². The van der Waals surface area contributed by atoms with Crippen molar-refractivity contribution in [1.82, 2.24) is 15.5 Å². The lowest BCUT2D eigenvalue weighted by Gasteiger charge is -2.25. The fourth-order valence-corrected chi connectivity index (χ4v) is 2.79. The van der Waals surface area contributed by atoms with Gasteiger partial charge in [-0.3, -0.25) is 15.0 Å². The molecule has 1 aliphatic rings. The number of hydrogen-bond acceptors (Lipinski definition) is 3. The standard InChI is InChI=1S/C17H25N3O2/c1-17(2,3)19-16(22)18-15(21)12-20-11-7-10-14(20)13-8-5-4-6-9-13/h4-6,8-9,14H,7,10-12H2,1-3H3,(H2,18,19,21,22). The van der Waals surface area contributed by atoms with Crippen LogP contribution in [0, 0.1) is 0 Å². The van der Waals surface area contributed by atoms with Gasteiger partial charge < -0.3 is 5.32 Å². The lowest BCUT2D eigenvalue weighted by molar-refractivity contribution is -0.121. The van der Waals surface area contributed by atoms with Crippen LogP contribution in [0.5, 0.6) is 0 Å². The van der Waals surface area contributed by atoms with Crippen molar-refractivity contribution in [2.75, 3.05) is 13.1 Å². The summed E-state index contributed by atoms with van der Waals surface area (Å²) in [5.74, 6) is -0.260. The molecule has 0 aromatic heterocycles. The van der Waals surface area contributed by atoms with Gasteiger partial charge in [0, 0.05) is 11.6 Å². The van der Waals surface area contributed by atoms with E-state index in [0.29, 0.717) is 0 Å². The molecule has 1 aromatic carbocycles. The first kappa shape index (κ1) is 16.5. The quantitative estimate of drug-likeness (QED) is 0.901. The number of nitrogens with zero attached hydrogens (tertiary/aromatic N) is 1. The normalized spacial score (nSPS) is 19.0. The second-order valence-electron chi connectivity index (χ2n) is 6.79. The Bertz CT molecular complexity index is 522. The molecule has 22 heavy (non-hydrogen) atoms. The van der Waals surface area contributed by atoms with Crippen molar-refractivity contribution in [3.63, 3.8) is 0 Å². The van der Waals surface area contributed by atoms with E-state index < -0.39 is 6.03 Å². The molecule has 5 nitrogen and oxygen atoms in total. The maximum absolute atomic E-state index is 12.1. The number of carbonyl (C=O) groups is 2. The number of carbonyl (C=O) groups excluding carboxylic acids is 2. The minimum atomic E-state index is -0.437. The highest BCUT2D eigenvalue weighted by Gasteiger charge is 2.28. The third-order valence-corrected chi connectivity index (χ3v) is 3.64. The molecule has 5 heteroatoms. The summed E-state index contributed by atoms with van der Waals surface area (Å²) in [4.78, 5) is 25.9. The predicted molar refractivity (Wildman–Crippen MR) is 86.4 cm³/mol. The SMILES string of the molecule is CC(C)(C)NC(=O)NC(=O)CN1CCCC1c1ccccc1.